The second-order valence-corrected chi connectivity index (χ2v) is 3.70. The smallest absolute Gasteiger partial charge is 0.375 e. The zero-order valence-electron chi connectivity index (χ0n) is 10.8. The molecule has 0 atom stereocenters. The quantitative estimate of drug-likeness (QED) is 0.364. The number of ketones is 1. The minimum atomic E-state index is -0.922. The van der Waals surface area contributed by atoms with Gasteiger partial charge < -0.3 is 9.64 Å². The number of esters is 1. The van der Waals surface area contributed by atoms with Crippen molar-refractivity contribution in [3.05, 3.63) is 0 Å². The van der Waals surface area contributed by atoms with Gasteiger partial charge in [0.2, 0.25) is 11.7 Å². The minimum Gasteiger partial charge on any atom is -0.460 e. The Bertz CT molecular complexity index is 270. The summed E-state index contributed by atoms with van der Waals surface area (Å²) in [6.45, 7) is 6.91. The van der Waals surface area contributed by atoms with E-state index in [0.717, 1.165) is 12.8 Å². The fourth-order valence-electron chi connectivity index (χ4n) is 1.43. The van der Waals surface area contributed by atoms with Crippen molar-refractivity contribution in [2.45, 2.75) is 40.0 Å². The molecular weight excluding hydrogens is 222 g/mol. The van der Waals surface area contributed by atoms with Crippen LogP contribution in [0.5, 0.6) is 0 Å². The molecule has 5 heteroatoms. The maximum atomic E-state index is 11.7. The molecule has 0 aromatic heterocycles. The molecule has 98 valence electrons. The first-order chi connectivity index (χ1) is 8.06. The molecule has 0 bridgehead atoms. The van der Waals surface area contributed by atoms with Gasteiger partial charge in [0.15, 0.2) is 0 Å². The first-order valence-corrected chi connectivity index (χ1v) is 6.04. The van der Waals surface area contributed by atoms with E-state index in [1.54, 1.807) is 11.8 Å². The number of amides is 1. The summed E-state index contributed by atoms with van der Waals surface area (Å²) in [6, 6.07) is 0. The Morgan fingerprint density at radius 1 is 1.00 bits per heavy atom. The van der Waals surface area contributed by atoms with Crippen LogP contribution in [0.4, 0.5) is 0 Å². The molecule has 0 radical (unpaired) electrons. The summed E-state index contributed by atoms with van der Waals surface area (Å²) in [5.41, 5.74) is 0. The van der Waals surface area contributed by atoms with Crippen LogP contribution in [0.3, 0.4) is 0 Å². The van der Waals surface area contributed by atoms with Gasteiger partial charge in [-0.1, -0.05) is 13.8 Å². The van der Waals surface area contributed by atoms with Crippen LogP contribution < -0.4 is 0 Å². The van der Waals surface area contributed by atoms with E-state index in [2.05, 4.69) is 4.74 Å². The molecule has 0 aliphatic rings. The number of hydrogen-bond donors (Lipinski definition) is 0. The highest BCUT2D eigenvalue weighted by Gasteiger charge is 2.22. The van der Waals surface area contributed by atoms with E-state index in [0.29, 0.717) is 13.1 Å². The molecule has 0 rings (SSSR count). The molecular formula is C12H21NO4. The molecule has 0 aliphatic carbocycles. The average Bonchev–Trinajstić information content (AvgIpc) is 2.28. The fourth-order valence-corrected chi connectivity index (χ4v) is 1.43. The van der Waals surface area contributed by atoms with Crippen LogP contribution in [-0.2, 0) is 19.1 Å². The normalized spacial score (nSPS) is 9.82. The Balaban J connectivity index is 4.29. The van der Waals surface area contributed by atoms with E-state index < -0.39 is 18.2 Å². The van der Waals surface area contributed by atoms with E-state index in [9.17, 15) is 14.4 Å². The van der Waals surface area contributed by atoms with Gasteiger partial charge in [-0.2, -0.15) is 0 Å². The van der Waals surface area contributed by atoms with E-state index in [1.165, 1.54) is 0 Å². The van der Waals surface area contributed by atoms with Crippen molar-refractivity contribution in [2.24, 2.45) is 0 Å². The van der Waals surface area contributed by atoms with Crippen LogP contribution in [0.25, 0.3) is 0 Å². The third kappa shape index (κ3) is 6.04. The molecule has 0 aromatic carbocycles. The first kappa shape index (κ1) is 15.6. The first-order valence-electron chi connectivity index (χ1n) is 6.04. The second-order valence-electron chi connectivity index (χ2n) is 3.70. The predicted octanol–water partition coefficient (Wildman–Crippen LogP) is 1.16. The Hall–Kier alpha value is -1.39. The fraction of sp³-hybridized carbons (Fsp3) is 0.750. The molecule has 1 amide bonds. The molecule has 0 unspecified atom stereocenters. The number of carbonyl (C=O) groups excluding carboxylic acids is 3. The van der Waals surface area contributed by atoms with Crippen molar-refractivity contribution in [3.63, 3.8) is 0 Å². The Kier molecular flexibility index (Phi) is 8.01. The van der Waals surface area contributed by atoms with Crippen molar-refractivity contribution in [2.75, 3.05) is 19.7 Å². The van der Waals surface area contributed by atoms with Crippen molar-refractivity contribution >= 4 is 17.7 Å². The van der Waals surface area contributed by atoms with Gasteiger partial charge in [-0.05, 0) is 19.8 Å². The lowest BCUT2D eigenvalue weighted by Gasteiger charge is -2.20. The second kappa shape index (κ2) is 8.73. The van der Waals surface area contributed by atoms with Crippen molar-refractivity contribution < 1.29 is 19.1 Å². The highest BCUT2D eigenvalue weighted by molar-refractivity contribution is 6.36. The summed E-state index contributed by atoms with van der Waals surface area (Å²) in [5.74, 6) is -1.99. The van der Waals surface area contributed by atoms with E-state index in [-0.39, 0.29) is 12.5 Å². The van der Waals surface area contributed by atoms with Gasteiger partial charge in [-0.3, -0.25) is 9.59 Å². The lowest BCUT2D eigenvalue weighted by atomic mass is 10.2. The number of nitrogens with zero attached hydrogens (tertiary/aromatic N) is 1. The molecule has 5 nitrogen and oxygen atoms in total. The zero-order chi connectivity index (χ0) is 13.3. The summed E-state index contributed by atoms with van der Waals surface area (Å²) < 4.78 is 4.55. The van der Waals surface area contributed by atoms with Gasteiger partial charge in [0.05, 0.1) is 13.0 Å². The highest BCUT2D eigenvalue weighted by atomic mass is 16.5. The van der Waals surface area contributed by atoms with Crippen LogP contribution in [0.1, 0.15) is 40.0 Å². The molecule has 0 spiro atoms. The van der Waals surface area contributed by atoms with Gasteiger partial charge in [-0.25, -0.2) is 4.79 Å². The number of ether oxygens (including phenoxy) is 1. The Morgan fingerprint density at radius 2 is 1.53 bits per heavy atom. The zero-order valence-corrected chi connectivity index (χ0v) is 10.8. The summed E-state index contributed by atoms with van der Waals surface area (Å²) in [5, 5.41) is 0. The standard InChI is InChI=1S/C12H21NO4/c1-4-7-13(8-5-2)11(15)9-10(14)12(16)17-6-3/h4-9H2,1-3H3. The number of carbonyl (C=O) groups is 3. The van der Waals surface area contributed by atoms with Gasteiger partial charge in [0, 0.05) is 13.1 Å². The molecule has 0 fully saturated rings. The van der Waals surface area contributed by atoms with Crippen molar-refractivity contribution in [1.82, 2.24) is 4.90 Å². The van der Waals surface area contributed by atoms with Crippen molar-refractivity contribution in [1.29, 1.82) is 0 Å². The minimum absolute atomic E-state index is 0.145. The van der Waals surface area contributed by atoms with E-state index in [4.69, 9.17) is 0 Å². The summed E-state index contributed by atoms with van der Waals surface area (Å²) in [6.07, 6.45) is 1.28. The van der Waals surface area contributed by atoms with Crippen LogP contribution in [0.15, 0.2) is 0 Å². The van der Waals surface area contributed by atoms with E-state index >= 15 is 0 Å². The lowest BCUT2D eigenvalue weighted by Crippen LogP contribution is -2.35. The maximum absolute atomic E-state index is 11.7. The molecule has 0 aliphatic heterocycles. The molecule has 0 heterocycles. The molecule has 0 saturated heterocycles. The lowest BCUT2D eigenvalue weighted by molar-refractivity contribution is -0.155. The Morgan fingerprint density at radius 3 is 1.94 bits per heavy atom. The number of hydrogen-bond acceptors (Lipinski definition) is 4. The van der Waals surface area contributed by atoms with Crippen LogP contribution in [0, 0.1) is 0 Å². The van der Waals surface area contributed by atoms with Gasteiger partial charge in [0.25, 0.3) is 0 Å². The maximum Gasteiger partial charge on any atom is 0.375 e. The summed E-state index contributed by atoms with van der Waals surface area (Å²) in [4.78, 5) is 35.8. The van der Waals surface area contributed by atoms with Gasteiger partial charge >= 0.3 is 5.97 Å². The van der Waals surface area contributed by atoms with Gasteiger partial charge in [0.1, 0.15) is 0 Å². The van der Waals surface area contributed by atoms with Crippen LogP contribution in [0.2, 0.25) is 0 Å². The third-order valence-corrected chi connectivity index (χ3v) is 2.15. The monoisotopic (exact) mass is 243 g/mol. The number of Topliss-reactive ketones (excluding diaryl/α,β-unsaturated/α-hetero) is 1. The molecule has 0 N–H and O–H groups in total. The SMILES string of the molecule is CCCN(CCC)C(=O)CC(=O)C(=O)OCC. The molecule has 0 aromatic rings. The number of rotatable bonds is 8. The largest absolute Gasteiger partial charge is 0.460 e. The van der Waals surface area contributed by atoms with E-state index in [1.807, 2.05) is 13.8 Å². The summed E-state index contributed by atoms with van der Waals surface area (Å²) in [7, 11) is 0. The Labute approximate surface area is 102 Å². The van der Waals surface area contributed by atoms with Crippen LogP contribution >= 0.6 is 0 Å². The third-order valence-electron chi connectivity index (χ3n) is 2.15. The average molecular weight is 243 g/mol. The predicted molar refractivity (Wildman–Crippen MR) is 63.4 cm³/mol. The highest BCUT2D eigenvalue weighted by Crippen LogP contribution is 2.00. The molecule has 17 heavy (non-hydrogen) atoms. The van der Waals surface area contributed by atoms with Gasteiger partial charge in [-0.15, -0.1) is 0 Å². The topological polar surface area (TPSA) is 63.7 Å². The summed E-state index contributed by atoms with van der Waals surface area (Å²) >= 11 is 0. The molecule has 0 saturated carbocycles. The van der Waals surface area contributed by atoms with Crippen molar-refractivity contribution in [3.8, 4) is 0 Å². The van der Waals surface area contributed by atoms with Crippen LogP contribution in [-0.4, -0.2) is 42.3 Å².